The van der Waals surface area contributed by atoms with E-state index in [0.717, 1.165) is 10.7 Å². The minimum Gasteiger partial charge on any atom is -0.325 e. The fourth-order valence-electron chi connectivity index (χ4n) is 1.62. The summed E-state index contributed by atoms with van der Waals surface area (Å²) in [5.41, 5.74) is 1.44. The van der Waals surface area contributed by atoms with Gasteiger partial charge >= 0.3 is 0 Å². The van der Waals surface area contributed by atoms with Gasteiger partial charge in [0.05, 0.1) is 18.2 Å². The molecule has 80 valence electrons. The second kappa shape index (κ2) is 4.38. The van der Waals surface area contributed by atoms with Gasteiger partial charge in [-0.05, 0) is 18.2 Å². The monoisotopic (exact) mass is 231 g/mol. The minimum atomic E-state index is 0.500. The highest BCUT2D eigenvalue weighted by molar-refractivity contribution is 6.31. The summed E-state index contributed by atoms with van der Waals surface area (Å²) in [6.07, 6.45) is 2.38. The van der Waals surface area contributed by atoms with E-state index in [1.165, 1.54) is 0 Å². The zero-order valence-corrected chi connectivity index (χ0v) is 9.33. The number of nitriles is 1. The second-order valence-corrected chi connectivity index (χ2v) is 4.04. The third kappa shape index (κ3) is 2.07. The van der Waals surface area contributed by atoms with Crippen molar-refractivity contribution in [1.29, 1.82) is 10.7 Å². The molecule has 0 spiro atoms. The van der Waals surface area contributed by atoms with E-state index in [2.05, 4.69) is 6.07 Å². The summed E-state index contributed by atoms with van der Waals surface area (Å²) < 4.78 is 0. The average molecular weight is 232 g/mol. The molecule has 0 amide bonds. The summed E-state index contributed by atoms with van der Waals surface area (Å²) in [7, 11) is 0. The van der Waals surface area contributed by atoms with Gasteiger partial charge in [-0.1, -0.05) is 23.7 Å². The van der Waals surface area contributed by atoms with Crippen molar-refractivity contribution in [2.75, 3.05) is 11.4 Å². The Morgan fingerprint density at radius 3 is 3.00 bits per heavy atom. The maximum Gasteiger partial charge on any atom is 0.104 e. The van der Waals surface area contributed by atoms with Gasteiger partial charge in [0, 0.05) is 17.1 Å². The number of halogens is 1. The Morgan fingerprint density at radius 1 is 1.44 bits per heavy atom. The average Bonchev–Trinajstić information content (AvgIpc) is 2.32. The van der Waals surface area contributed by atoms with Crippen LogP contribution in [-0.4, -0.2) is 12.4 Å². The number of amidine groups is 1. The largest absolute Gasteiger partial charge is 0.325 e. The Hall–Kier alpha value is -1.79. The molecule has 1 aliphatic rings. The molecular weight excluding hydrogens is 222 g/mol. The topological polar surface area (TPSA) is 50.9 Å². The molecular formula is C12H10ClN3. The number of nitrogens with zero attached hydrogens (tertiary/aromatic N) is 2. The Labute approximate surface area is 99.1 Å². The van der Waals surface area contributed by atoms with Crippen molar-refractivity contribution in [3.8, 4) is 6.07 Å². The highest BCUT2D eigenvalue weighted by Crippen LogP contribution is 2.23. The van der Waals surface area contributed by atoms with Crippen LogP contribution in [0.1, 0.15) is 12.0 Å². The lowest BCUT2D eigenvalue weighted by atomic mass is 10.1. The molecule has 4 heteroatoms. The summed E-state index contributed by atoms with van der Waals surface area (Å²) >= 11 is 5.96. The quantitative estimate of drug-likeness (QED) is 0.808. The molecule has 1 aliphatic heterocycles. The fourth-order valence-corrected chi connectivity index (χ4v) is 1.82. The fraction of sp³-hybridized carbons (Fsp3) is 0.167. The molecule has 16 heavy (non-hydrogen) atoms. The zero-order chi connectivity index (χ0) is 11.5. The third-order valence-corrected chi connectivity index (χ3v) is 2.71. The van der Waals surface area contributed by atoms with Crippen LogP contribution in [-0.2, 0) is 0 Å². The van der Waals surface area contributed by atoms with Crippen molar-refractivity contribution in [2.24, 2.45) is 0 Å². The number of nitrogens with one attached hydrogen (secondary N) is 1. The third-order valence-electron chi connectivity index (χ3n) is 2.44. The summed E-state index contributed by atoms with van der Waals surface area (Å²) in [5, 5.41) is 17.4. The van der Waals surface area contributed by atoms with Gasteiger partial charge in [0.15, 0.2) is 0 Å². The van der Waals surface area contributed by atoms with Crippen molar-refractivity contribution in [2.45, 2.75) is 6.42 Å². The van der Waals surface area contributed by atoms with E-state index in [4.69, 9.17) is 22.3 Å². The lowest BCUT2D eigenvalue weighted by Gasteiger charge is -2.27. The molecule has 1 N–H and O–H groups in total. The van der Waals surface area contributed by atoms with Crippen LogP contribution in [0.5, 0.6) is 0 Å². The summed E-state index contributed by atoms with van der Waals surface area (Å²) in [5.74, 6) is 0.500. The van der Waals surface area contributed by atoms with Crippen molar-refractivity contribution < 1.29 is 0 Å². The van der Waals surface area contributed by atoms with Gasteiger partial charge in [-0.25, -0.2) is 0 Å². The van der Waals surface area contributed by atoms with Crippen LogP contribution >= 0.6 is 11.6 Å². The van der Waals surface area contributed by atoms with E-state index in [1.54, 1.807) is 12.1 Å². The van der Waals surface area contributed by atoms with Crippen molar-refractivity contribution in [3.05, 3.63) is 40.9 Å². The molecule has 1 heterocycles. The van der Waals surface area contributed by atoms with Crippen LogP contribution in [0.3, 0.4) is 0 Å². The maximum atomic E-state index is 8.82. The molecule has 0 saturated heterocycles. The zero-order valence-electron chi connectivity index (χ0n) is 8.57. The van der Waals surface area contributed by atoms with Gasteiger partial charge in [0.1, 0.15) is 5.84 Å². The molecule has 0 unspecified atom stereocenters. The molecule has 0 atom stereocenters. The number of rotatable bonds is 1. The van der Waals surface area contributed by atoms with Crippen LogP contribution in [0.15, 0.2) is 35.4 Å². The summed E-state index contributed by atoms with van der Waals surface area (Å²) in [6, 6.07) is 9.29. The molecule has 0 fully saturated rings. The molecule has 2 rings (SSSR count). The molecule has 0 saturated carbocycles. The smallest absolute Gasteiger partial charge is 0.104 e. The van der Waals surface area contributed by atoms with E-state index in [-0.39, 0.29) is 0 Å². The standard InChI is InChI=1S/C12H10ClN3/c13-10-4-5-12(15)16(8-10)11-3-1-2-9(6-11)7-14/h1-4,6,15H,5,8H2. The molecule has 1 aromatic rings. The first-order chi connectivity index (χ1) is 7.70. The van der Waals surface area contributed by atoms with Crippen LogP contribution in [0.25, 0.3) is 0 Å². The van der Waals surface area contributed by atoms with Crippen molar-refractivity contribution in [3.63, 3.8) is 0 Å². The molecule has 1 aromatic carbocycles. The van der Waals surface area contributed by atoms with Gasteiger partial charge < -0.3 is 4.90 Å². The first-order valence-electron chi connectivity index (χ1n) is 4.90. The molecule has 0 aromatic heterocycles. The second-order valence-electron chi connectivity index (χ2n) is 3.55. The maximum absolute atomic E-state index is 8.82. The van der Waals surface area contributed by atoms with E-state index in [0.29, 0.717) is 24.4 Å². The highest BCUT2D eigenvalue weighted by Gasteiger charge is 2.17. The van der Waals surface area contributed by atoms with E-state index in [1.807, 2.05) is 23.1 Å². The molecule has 3 nitrogen and oxygen atoms in total. The SMILES string of the molecule is N#Cc1cccc(N2CC(Cl)=CCC2=N)c1. The van der Waals surface area contributed by atoms with E-state index in [9.17, 15) is 0 Å². The Balaban J connectivity index is 2.34. The predicted octanol–water partition coefficient (Wildman–Crippen LogP) is 2.87. The Morgan fingerprint density at radius 2 is 2.25 bits per heavy atom. The van der Waals surface area contributed by atoms with Gasteiger partial charge in [0.2, 0.25) is 0 Å². The lowest BCUT2D eigenvalue weighted by molar-refractivity contribution is 1.03. The van der Waals surface area contributed by atoms with E-state index >= 15 is 0 Å². The van der Waals surface area contributed by atoms with Crippen molar-refractivity contribution in [1.82, 2.24) is 0 Å². The lowest BCUT2D eigenvalue weighted by Crippen LogP contribution is -2.33. The van der Waals surface area contributed by atoms with Crippen LogP contribution in [0.4, 0.5) is 5.69 Å². The summed E-state index contributed by atoms with van der Waals surface area (Å²) in [6.45, 7) is 0.509. The Kier molecular flexibility index (Phi) is 2.93. The van der Waals surface area contributed by atoms with Crippen molar-refractivity contribution >= 4 is 23.1 Å². The first-order valence-corrected chi connectivity index (χ1v) is 5.28. The van der Waals surface area contributed by atoms with Gasteiger partial charge in [-0.3, -0.25) is 5.41 Å². The van der Waals surface area contributed by atoms with Gasteiger partial charge in [-0.2, -0.15) is 5.26 Å². The van der Waals surface area contributed by atoms with Crippen LogP contribution < -0.4 is 4.90 Å². The van der Waals surface area contributed by atoms with Crippen LogP contribution in [0.2, 0.25) is 0 Å². The highest BCUT2D eigenvalue weighted by atomic mass is 35.5. The molecule has 0 bridgehead atoms. The normalized spacial score (nSPS) is 15.6. The minimum absolute atomic E-state index is 0.500. The number of benzene rings is 1. The number of anilines is 1. The predicted molar refractivity (Wildman–Crippen MR) is 64.8 cm³/mol. The van der Waals surface area contributed by atoms with Crippen LogP contribution in [0, 0.1) is 16.7 Å². The van der Waals surface area contributed by atoms with Gasteiger partial charge in [-0.15, -0.1) is 0 Å². The number of hydrogen-bond donors (Lipinski definition) is 1. The summed E-state index contributed by atoms with van der Waals surface area (Å²) in [4.78, 5) is 1.81. The molecule has 0 radical (unpaired) electrons. The van der Waals surface area contributed by atoms with E-state index < -0.39 is 0 Å². The number of hydrogen-bond acceptors (Lipinski definition) is 2. The molecule has 0 aliphatic carbocycles. The van der Waals surface area contributed by atoms with Gasteiger partial charge in [0.25, 0.3) is 0 Å². The Bertz CT molecular complexity index is 499. The first kappa shape index (κ1) is 10.7.